The van der Waals surface area contributed by atoms with Crippen LogP contribution in [-0.2, 0) is 9.53 Å². The quantitative estimate of drug-likeness (QED) is 0.163. The van der Waals surface area contributed by atoms with Crippen LogP contribution in [0.25, 0.3) is 0 Å². The van der Waals surface area contributed by atoms with E-state index < -0.39 is 49.8 Å². The molecule has 2 heterocycles. The molecule has 4 atom stereocenters. The van der Waals surface area contributed by atoms with Crippen LogP contribution in [0.15, 0.2) is 60.8 Å². The summed E-state index contributed by atoms with van der Waals surface area (Å²) in [5.41, 5.74) is 6.09. The highest BCUT2D eigenvalue weighted by Crippen LogP contribution is 2.34. The van der Waals surface area contributed by atoms with Crippen molar-refractivity contribution in [2.24, 2.45) is 5.73 Å². The topological polar surface area (TPSA) is 161 Å². The van der Waals surface area contributed by atoms with Gasteiger partial charge in [-0.25, -0.2) is 13.8 Å². The molecule has 1 saturated heterocycles. The van der Waals surface area contributed by atoms with Crippen molar-refractivity contribution in [1.29, 1.82) is 5.41 Å². The van der Waals surface area contributed by atoms with Crippen molar-refractivity contribution in [2.75, 3.05) is 27.2 Å². The second-order valence-corrected chi connectivity index (χ2v) is 10.8. The number of esters is 1. The highest BCUT2D eigenvalue weighted by atomic mass is 19.1. The number of carbonyl (C=O) groups is 2. The number of nitrogens with two attached hydrogens (primary N) is 1. The highest BCUT2D eigenvalue weighted by molar-refractivity contribution is 5.95. The minimum absolute atomic E-state index is 0.00232. The van der Waals surface area contributed by atoms with E-state index in [9.17, 15) is 14.7 Å². The number of hydrogen-bond acceptors (Lipinski definition) is 10. The molecule has 4 N–H and O–H groups in total. The summed E-state index contributed by atoms with van der Waals surface area (Å²) in [6.07, 6.45) is -6.34. The average Bonchev–Trinajstić information content (AvgIpc) is 2.97. The largest absolute Gasteiger partial charge is 0.504 e. The molecule has 1 aliphatic rings. The van der Waals surface area contributed by atoms with E-state index in [1.54, 1.807) is 40.1 Å². The van der Waals surface area contributed by atoms with Gasteiger partial charge in [-0.05, 0) is 56.3 Å². The number of carbonyl (C=O) groups excluding carboxylic acids is 2. The molecule has 1 aromatic heterocycles. The van der Waals surface area contributed by atoms with E-state index in [0.29, 0.717) is 5.56 Å². The van der Waals surface area contributed by atoms with Crippen LogP contribution in [0.1, 0.15) is 29.8 Å². The van der Waals surface area contributed by atoms with Gasteiger partial charge in [0.25, 0.3) is 5.91 Å². The van der Waals surface area contributed by atoms with Crippen molar-refractivity contribution in [3.63, 3.8) is 0 Å². The first-order valence-corrected chi connectivity index (χ1v) is 14.0. The first-order chi connectivity index (χ1) is 21.3. The molecule has 14 heteroatoms. The van der Waals surface area contributed by atoms with E-state index >= 15 is 8.78 Å². The van der Waals surface area contributed by atoms with Gasteiger partial charge < -0.3 is 34.7 Å². The molecule has 240 valence electrons. The summed E-state index contributed by atoms with van der Waals surface area (Å²) in [4.78, 5) is 31.6. The van der Waals surface area contributed by atoms with Gasteiger partial charge in [0.2, 0.25) is 5.88 Å². The standard InChI is InChI=1S/C31H35F2N5O7/c1-17(2)42-26(40)16-38-15-22(32)28(27(33)31(38)44-20-7-5-6-19(12-20)30(41)37(3)4)43-21-10-11-36-25(14-21)45-24-13-18(29(34)35)8-9-23(24)39/h5-14,17,22,27-28,31,39H,15-16H2,1-4H3,(H3,34,35). The molecule has 1 fully saturated rings. The van der Waals surface area contributed by atoms with Crippen LogP contribution in [0.4, 0.5) is 8.78 Å². The van der Waals surface area contributed by atoms with Crippen molar-refractivity contribution in [2.45, 2.75) is 44.6 Å². The van der Waals surface area contributed by atoms with Gasteiger partial charge in [-0.1, -0.05) is 6.07 Å². The molecular formula is C31H35F2N5O7. The summed E-state index contributed by atoms with van der Waals surface area (Å²) >= 11 is 0. The van der Waals surface area contributed by atoms with Crippen LogP contribution in [0, 0.1) is 5.41 Å². The number of alkyl halides is 2. The van der Waals surface area contributed by atoms with Gasteiger partial charge in [0.1, 0.15) is 17.3 Å². The van der Waals surface area contributed by atoms with E-state index in [1.807, 2.05) is 0 Å². The summed E-state index contributed by atoms with van der Waals surface area (Å²) in [5, 5.41) is 17.8. The van der Waals surface area contributed by atoms with E-state index in [2.05, 4.69) is 4.98 Å². The minimum atomic E-state index is -2.12. The molecule has 0 bridgehead atoms. The van der Waals surface area contributed by atoms with Gasteiger partial charge in [-0.2, -0.15) is 0 Å². The van der Waals surface area contributed by atoms with Crippen LogP contribution >= 0.6 is 0 Å². The number of nitrogens with one attached hydrogen (secondary N) is 1. The van der Waals surface area contributed by atoms with E-state index in [4.69, 9.17) is 30.1 Å². The summed E-state index contributed by atoms with van der Waals surface area (Å²) in [7, 11) is 3.17. The third-order valence-electron chi connectivity index (χ3n) is 6.62. The van der Waals surface area contributed by atoms with Crippen molar-refractivity contribution in [1.82, 2.24) is 14.8 Å². The molecule has 1 aliphatic heterocycles. The van der Waals surface area contributed by atoms with Gasteiger partial charge >= 0.3 is 5.97 Å². The van der Waals surface area contributed by atoms with Crippen molar-refractivity contribution >= 4 is 17.7 Å². The lowest BCUT2D eigenvalue weighted by molar-refractivity contribution is -0.163. The number of phenols is 1. The molecule has 4 rings (SSSR count). The molecular weight excluding hydrogens is 592 g/mol. The number of amides is 1. The average molecular weight is 628 g/mol. The van der Waals surface area contributed by atoms with Gasteiger partial charge in [0.05, 0.1) is 12.6 Å². The predicted octanol–water partition coefficient (Wildman–Crippen LogP) is 3.66. The first-order valence-electron chi connectivity index (χ1n) is 14.0. The van der Waals surface area contributed by atoms with E-state index in [-0.39, 0.29) is 46.2 Å². The number of rotatable bonds is 11. The molecule has 3 aromatic rings. The predicted molar refractivity (Wildman–Crippen MR) is 159 cm³/mol. The molecule has 2 aromatic carbocycles. The number of aromatic hydroxyl groups is 1. The number of amidine groups is 1. The Morgan fingerprint density at radius 1 is 1.09 bits per heavy atom. The smallest absolute Gasteiger partial charge is 0.320 e. The SMILES string of the molecule is CC(C)OC(=O)CN1CC(F)C(Oc2ccnc(Oc3cc(C(=N)N)ccc3O)c2)C(F)C1Oc1cccc(C(=O)N(C)C)c1. The van der Waals surface area contributed by atoms with Crippen LogP contribution in [0.3, 0.4) is 0 Å². The minimum Gasteiger partial charge on any atom is -0.504 e. The number of nitrogens with zero attached hydrogens (tertiary/aromatic N) is 3. The lowest BCUT2D eigenvalue weighted by atomic mass is 10.0. The van der Waals surface area contributed by atoms with Crippen molar-refractivity contribution in [3.05, 3.63) is 71.9 Å². The lowest BCUT2D eigenvalue weighted by Crippen LogP contribution is -2.63. The number of likely N-dealkylation sites (tertiary alicyclic amines) is 1. The molecule has 0 radical (unpaired) electrons. The Balaban J connectivity index is 1.58. The number of phenolic OH excluding ortho intramolecular Hbond substituents is 1. The fourth-order valence-corrected chi connectivity index (χ4v) is 4.55. The van der Waals surface area contributed by atoms with Gasteiger partial charge in [-0.3, -0.25) is 19.9 Å². The maximum absolute atomic E-state index is 16.2. The maximum Gasteiger partial charge on any atom is 0.320 e. The van der Waals surface area contributed by atoms with Crippen molar-refractivity contribution < 1.29 is 42.4 Å². The summed E-state index contributed by atoms with van der Waals surface area (Å²) in [6.45, 7) is 2.43. The van der Waals surface area contributed by atoms with Crippen LogP contribution in [0.5, 0.6) is 28.9 Å². The van der Waals surface area contributed by atoms with Gasteiger partial charge in [0, 0.05) is 44.0 Å². The molecule has 1 amide bonds. The maximum atomic E-state index is 16.2. The molecule has 12 nitrogen and oxygen atoms in total. The zero-order valence-electron chi connectivity index (χ0n) is 25.1. The zero-order valence-corrected chi connectivity index (χ0v) is 25.1. The van der Waals surface area contributed by atoms with E-state index in [1.165, 1.54) is 58.5 Å². The Morgan fingerprint density at radius 3 is 2.51 bits per heavy atom. The van der Waals surface area contributed by atoms with Gasteiger partial charge in [0.15, 0.2) is 36.2 Å². The lowest BCUT2D eigenvalue weighted by Gasteiger charge is -2.42. The summed E-state index contributed by atoms with van der Waals surface area (Å²) in [6, 6.07) is 12.8. The normalized spacial score (nSPS) is 19.9. The second kappa shape index (κ2) is 14.2. The monoisotopic (exact) mass is 627 g/mol. The summed E-state index contributed by atoms with van der Waals surface area (Å²) < 4.78 is 54.3. The second-order valence-electron chi connectivity index (χ2n) is 10.8. The van der Waals surface area contributed by atoms with E-state index in [0.717, 1.165) is 0 Å². The highest BCUT2D eigenvalue weighted by Gasteiger charge is 2.48. The first kappa shape index (κ1) is 32.9. The molecule has 0 spiro atoms. The molecule has 0 aliphatic carbocycles. The van der Waals surface area contributed by atoms with Crippen LogP contribution in [0.2, 0.25) is 0 Å². The number of ether oxygens (including phenoxy) is 4. The van der Waals surface area contributed by atoms with Gasteiger partial charge in [-0.15, -0.1) is 0 Å². The molecule has 0 saturated carbocycles. The third-order valence-corrected chi connectivity index (χ3v) is 6.62. The Bertz CT molecular complexity index is 1540. The Hall–Kier alpha value is -4.98. The number of piperidine rings is 1. The number of benzene rings is 2. The summed E-state index contributed by atoms with van der Waals surface area (Å²) in [5.74, 6) is -1.49. The number of pyridine rings is 1. The fraction of sp³-hybridized carbons (Fsp3) is 0.355. The zero-order chi connectivity index (χ0) is 32.8. The number of nitrogen functional groups attached to an aromatic ring is 1. The fourth-order valence-electron chi connectivity index (χ4n) is 4.55. The number of halogens is 2. The number of aromatic nitrogens is 1. The molecule has 45 heavy (non-hydrogen) atoms. The Morgan fingerprint density at radius 2 is 1.82 bits per heavy atom. The Kier molecular flexibility index (Phi) is 10.4. The Labute approximate surface area is 258 Å². The van der Waals surface area contributed by atoms with Crippen LogP contribution in [-0.4, -0.2) is 95.6 Å². The number of hydrogen-bond donors (Lipinski definition) is 3. The van der Waals surface area contributed by atoms with Crippen LogP contribution < -0.4 is 19.9 Å². The van der Waals surface area contributed by atoms with Crippen molar-refractivity contribution in [3.8, 4) is 28.9 Å². The third kappa shape index (κ3) is 8.35. The molecule has 4 unspecified atom stereocenters.